The predicted molar refractivity (Wildman–Crippen MR) is 64.8 cm³/mol. The molecule has 1 atom stereocenters. The first-order chi connectivity index (χ1) is 7.59. The van der Waals surface area contributed by atoms with Gasteiger partial charge in [0.15, 0.2) is 0 Å². The fourth-order valence-corrected chi connectivity index (χ4v) is 2.68. The Morgan fingerprint density at radius 2 is 2.06 bits per heavy atom. The predicted octanol–water partition coefficient (Wildman–Crippen LogP) is 2.11. The minimum atomic E-state index is -0.961. The molecule has 0 saturated heterocycles. The lowest BCUT2D eigenvalue weighted by Crippen LogP contribution is -2.04. The van der Waals surface area contributed by atoms with Crippen LogP contribution in [0.25, 0.3) is 0 Å². The molecule has 1 rings (SSSR count). The van der Waals surface area contributed by atoms with Crippen molar-refractivity contribution in [2.45, 2.75) is 25.5 Å². The zero-order chi connectivity index (χ0) is 12.0. The van der Waals surface area contributed by atoms with Gasteiger partial charge in [0.2, 0.25) is 0 Å². The molecule has 3 nitrogen and oxygen atoms in total. The van der Waals surface area contributed by atoms with E-state index in [4.69, 9.17) is 5.11 Å². The van der Waals surface area contributed by atoms with E-state index >= 15 is 0 Å². The van der Waals surface area contributed by atoms with E-state index in [0.717, 1.165) is 11.1 Å². The van der Waals surface area contributed by atoms with Crippen molar-refractivity contribution in [3.63, 3.8) is 0 Å². The largest absolute Gasteiger partial charge is 0.481 e. The fraction of sp³-hybridized carbons (Fsp3) is 0.417. The summed E-state index contributed by atoms with van der Waals surface area (Å²) in [6.45, 7) is 1.99. The van der Waals surface area contributed by atoms with Crippen LogP contribution in [0, 0.1) is 6.92 Å². The van der Waals surface area contributed by atoms with Crippen molar-refractivity contribution in [2.75, 3.05) is 5.75 Å². The van der Waals surface area contributed by atoms with Crippen molar-refractivity contribution < 1.29 is 14.1 Å². The molecular weight excluding hydrogens is 224 g/mol. The van der Waals surface area contributed by atoms with Gasteiger partial charge < -0.3 is 5.11 Å². The second-order valence-electron chi connectivity index (χ2n) is 3.71. The van der Waals surface area contributed by atoms with Crippen LogP contribution in [0.4, 0.5) is 0 Å². The van der Waals surface area contributed by atoms with Gasteiger partial charge in [-0.2, -0.15) is 0 Å². The first-order valence-corrected chi connectivity index (χ1v) is 6.69. The van der Waals surface area contributed by atoms with Crippen molar-refractivity contribution in [1.82, 2.24) is 0 Å². The Bertz CT molecular complexity index is 388. The molecule has 0 saturated carbocycles. The number of carboxylic acids is 1. The number of aliphatic carboxylic acids is 1. The summed E-state index contributed by atoms with van der Waals surface area (Å²) in [4.78, 5) is 10.3. The molecule has 0 spiro atoms. The average molecular weight is 240 g/mol. The van der Waals surface area contributed by atoms with E-state index in [1.54, 1.807) is 0 Å². The lowest BCUT2D eigenvalue weighted by atomic mass is 10.1. The topological polar surface area (TPSA) is 54.4 Å². The maximum Gasteiger partial charge on any atom is 0.303 e. The zero-order valence-corrected chi connectivity index (χ0v) is 10.1. The molecule has 1 aromatic rings. The Kier molecular flexibility index (Phi) is 5.19. The van der Waals surface area contributed by atoms with Crippen molar-refractivity contribution >= 4 is 16.8 Å². The molecule has 0 aliphatic heterocycles. The lowest BCUT2D eigenvalue weighted by Gasteiger charge is -2.04. The van der Waals surface area contributed by atoms with Gasteiger partial charge in [0.1, 0.15) is 0 Å². The number of hydrogen-bond acceptors (Lipinski definition) is 2. The smallest absolute Gasteiger partial charge is 0.303 e. The molecule has 0 aliphatic carbocycles. The van der Waals surface area contributed by atoms with Gasteiger partial charge in [-0.1, -0.05) is 24.3 Å². The zero-order valence-electron chi connectivity index (χ0n) is 9.31. The van der Waals surface area contributed by atoms with E-state index < -0.39 is 16.8 Å². The third-order valence-electron chi connectivity index (χ3n) is 2.34. The third kappa shape index (κ3) is 4.57. The number of benzene rings is 1. The summed E-state index contributed by atoms with van der Waals surface area (Å²) < 4.78 is 11.7. The second kappa shape index (κ2) is 6.43. The van der Waals surface area contributed by atoms with Crippen LogP contribution in [0.2, 0.25) is 0 Å². The molecule has 0 aromatic heterocycles. The van der Waals surface area contributed by atoms with Crippen LogP contribution in [0.1, 0.15) is 24.0 Å². The van der Waals surface area contributed by atoms with Crippen LogP contribution in [0.15, 0.2) is 24.3 Å². The highest BCUT2D eigenvalue weighted by Gasteiger charge is 2.05. The molecular formula is C12H16O3S. The van der Waals surface area contributed by atoms with Crippen molar-refractivity contribution in [1.29, 1.82) is 0 Å². The number of aryl methyl sites for hydroxylation is 1. The van der Waals surface area contributed by atoms with E-state index in [1.165, 1.54) is 0 Å². The van der Waals surface area contributed by atoms with Crippen LogP contribution < -0.4 is 0 Å². The molecule has 0 heterocycles. The Morgan fingerprint density at radius 1 is 1.38 bits per heavy atom. The molecule has 16 heavy (non-hydrogen) atoms. The van der Waals surface area contributed by atoms with Gasteiger partial charge in [-0.15, -0.1) is 0 Å². The summed E-state index contributed by atoms with van der Waals surface area (Å²) in [5.74, 6) is 0.153. The standard InChI is InChI=1S/C12H16O3S/c1-10-5-2-3-6-11(10)9-16(15)8-4-7-12(13)14/h2-3,5-6H,4,7-9H2,1H3,(H,13,14). The van der Waals surface area contributed by atoms with E-state index in [1.807, 2.05) is 31.2 Å². The Hall–Kier alpha value is -1.16. The van der Waals surface area contributed by atoms with Crippen LogP contribution in [0.5, 0.6) is 0 Å². The maximum absolute atomic E-state index is 11.7. The first kappa shape index (κ1) is 12.9. The van der Waals surface area contributed by atoms with Gasteiger partial charge in [0.05, 0.1) is 0 Å². The molecule has 4 heteroatoms. The number of carboxylic acid groups (broad SMARTS) is 1. The van der Waals surface area contributed by atoms with Gasteiger partial charge in [0.25, 0.3) is 0 Å². The minimum Gasteiger partial charge on any atom is -0.481 e. The van der Waals surface area contributed by atoms with Gasteiger partial charge in [-0.05, 0) is 24.5 Å². The van der Waals surface area contributed by atoms with Crippen molar-refractivity contribution in [3.05, 3.63) is 35.4 Å². The van der Waals surface area contributed by atoms with E-state index in [-0.39, 0.29) is 6.42 Å². The molecule has 1 unspecified atom stereocenters. The van der Waals surface area contributed by atoms with Gasteiger partial charge in [0, 0.05) is 28.7 Å². The Balaban J connectivity index is 2.40. The lowest BCUT2D eigenvalue weighted by molar-refractivity contribution is -0.137. The van der Waals surface area contributed by atoms with Crippen LogP contribution in [-0.2, 0) is 21.3 Å². The maximum atomic E-state index is 11.7. The van der Waals surface area contributed by atoms with Gasteiger partial charge in [-0.3, -0.25) is 9.00 Å². The van der Waals surface area contributed by atoms with Gasteiger partial charge >= 0.3 is 5.97 Å². The molecule has 0 aliphatic rings. The van der Waals surface area contributed by atoms with Crippen LogP contribution in [0.3, 0.4) is 0 Å². The highest BCUT2D eigenvalue weighted by molar-refractivity contribution is 7.84. The number of rotatable bonds is 6. The molecule has 0 radical (unpaired) electrons. The molecule has 1 aromatic carbocycles. The third-order valence-corrected chi connectivity index (χ3v) is 3.72. The normalized spacial score (nSPS) is 12.3. The summed E-state index contributed by atoms with van der Waals surface area (Å²) in [5.41, 5.74) is 2.21. The quantitative estimate of drug-likeness (QED) is 0.828. The summed E-state index contributed by atoms with van der Waals surface area (Å²) in [6.07, 6.45) is 0.577. The monoisotopic (exact) mass is 240 g/mol. The summed E-state index contributed by atoms with van der Waals surface area (Å²) in [7, 11) is -0.961. The molecule has 1 N–H and O–H groups in total. The number of carbonyl (C=O) groups is 1. The van der Waals surface area contributed by atoms with Crippen molar-refractivity contribution in [2.24, 2.45) is 0 Å². The Labute approximate surface area is 98.0 Å². The van der Waals surface area contributed by atoms with E-state index in [0.29, 0.717) is 17.9 Å². The van der Waals surface area contributed by atoms with Gasteiger partial charge in [-0.25, -0.2) is 0 Å². The Morgan fingerprint density at radius 3 is 2.69 bits per heavy atom. The highest BCUT2D eigenvalue weighted by Crippen LogP contribution is 2.10. The average Bonchev–Trinajstić information content (AvgIpc) is 2.21. The minimum absolute atomic E-state index is 0.0967. The first-order valence-electron chi connectivity index (χ1n) is 5.21. The molecule has 0 amide bonds. The highest BCUT2D eigenvalue weighted by atomic mass is 32.2. The number of hydrogen-bond donors (Lipinski definition) is 1. The van der Waals surface area contributed by atoms with E-state index in [9.17, 15) is 9.00 Å². The summed E-state index contributed by atoms with van der Waals surface area (Å²) in [6, 6.07) is 7.83. The fourth-order valence-electron chi connectivity index (χ4n) is 1.40. The van der Waals surface area contributed by atoms with Crippen molar-refractivity contribution in [3.8, 4) is 0 Å². The molecule has 0 bridgehead atoms. The second-order valence-corrected chi connectivity index (χ2v) is 5.29. The molecule has 88 valence electrons. The van der Waals surface area contributed by atoms with Crippen LogP contribution in [-0.4, -0.2) is 21.0 Å². The summed E-state index contributed by atoms with van der Waals surface area (Å²) in [5, 5.41) is 8.46. The SMILES string of the molecule is Cc1ccccc1CS(=O)CCCC(=O)O. The molecule has 0 fully saturated rings. The van der Waals surface area contributed by atoms with E-state index in [2.05, 4.69) is 0 Å². The summed E-state index contributed by atoms with van der Waals surface area (Å²) >= 11 is 0. The van der Waals surface area contributed by atoms with Crippen LogP contribution >= 0.6 is 0 Å².